The Bertz CT molecular complexity index is 2840. The summed E-state index contributed by atoms with van der Waals surface area (Å²) in [5.74, 6) is 0. The Kier molecular flexibility index (Phi) is 7.56. The Morgan fingerprint density at radius 3 is 1.60 bits per heavy atom. The number of para-hydroxylation sites is 2. The van der Waals surface area contributed by atoms with Gasteiger partial charge in [0.2, 0.25) is 0 Å². The summed E-state index contributed by atoms with van der Waals surface area (Å²) in [4.78, 5) is 4.78. The molecule has 0 saturated carbocycles. The van der Waals surface area contributed by atoms with Crippen LogP contribution < -0.4 is 9.80 Å². The highest BCUT2D eigenvalue weighted by atomic mass is 32.1. The minimum Gasteiger partial charge on any atom is -0.310 e. The third-order valence-corrected chi connectivity index (χ3v) is 12.2. The maximum Gasteiger partial charge on any atom is 0.0640 e. The van der Waals surface area contributed by atoms with E-state index in [1.54, 1.807) is 0 Å². The monoisotopic (exact) mass is 700 g/mol. The second kappa shape index (κ2) is 12.8. The zero-order chi connectivity index (χ0) is 34.4. The third-order valence-electron chi connectivity index (χ3n) is 9.84. The molecule has 0 amide bonds. The van der Waals surface area contributed by atoms with Gasteiger partial charge in [0.15, 0.2) is 0 Å². The van der Waals surface area contributed by atoms with Crippen LogP contribution in [0.25, 0.3) is 51.5 Å². The molecule has 0 radical (unpaired) electrons. The average molecular weight is 701 g/mol. The van der Waals surface area contributed by atoms with Crippen LogP contribution in [0.3, 0.4) is 0 Å². The molecule has 0 bridgehead atoms. The van der Waals surface area contributed by atoms with E-state index in [1.165, 1.54) is 57.2 Å². The Balaban J connectivity index is 1.09. The molecule has 0 fully saturated rings. The number of hydrogen-bond acceptors (Lipinski definition) is 4. The molecular weight excluding hydrogens is 669 g/mol. The lowest BCUT2D eigenvalue weighted by molar-refractivity contribution is 1.29. The third kappa shape index (κ3) is 5.32. The lowest BCUT2D eigenvalue weighted by Crippen LogP contribution is -2.09. The van der Waals surface area contributed by atoms with Gasteiger partial charge in [-0.1, -0.05) is 115 Å². The van der Waals surface area contributed by atoms with Gasteiger partial charge in [0.05, 0.1) is 10.4 Å². The van der Waals surface area contributed by atoms with Crippen molar-refractivity contribution in [3.8, 4) is 11.1 Å². The van der Waals surface area contributed by atoms with Gasteiger partial charge in [-0.15, -0.1) is 22.7 Å². The number of hydrogen-bond donors (Lipinski definition) is 0. The Labute approximate surface area is 310 Å². The number of anilines is 6. The van der Waals surface area contributed by atoms with E-state index in [0.29, 0.717) is 0 Å². The summed E-state index contributed by atoms with van der Waals surface area (Å²) in [5.41, 5.74) is 9.32. The van der Waals surface area contributed by atoms with Crippen molar-refractivity contribution in [2.24, 2.45) is 0 Å². The number of nitrogens with zero attached hydrogens (tertiary/aromatic N) is 2. The van der Waals surface area contributed by atoms with Gasteiger partial charge in [-0.25, -0.2) is 0 Å². The summed E-state index contributed by atoms with van der Waals surface area (Å²) in [5, 5.41) is 5.15. The van der Waals surface area contributed by atoms with Crippen molar-refractivity contribution in [1.82, 2.24) is 0 Å². The highest BCUT2D eigenvalue weighted by molar-refractivity contribution is 7.26. The maximum absolute atomic E-state index is 2.42. The molecule has 4 heteroatoms. The first-order valence-corrected chi connectivity index (χ1v) is 19.1. The minimum absolute atomic E-state index is 1.13. The highest BCUT2D eigenvalue weighted by Gasteiger charge is 2.20. The second-order valence-electron chi connectivity index (χ2n) is 13.0. The fourth-order valence-corrected chi connectivity index (χ4v) is 9.73. The summed E-state index contributed by atoms with van der Waals surface area (Å²) < 4.78 is 5.16. The average Bonchev–Trinajstić information content (AvgIpc) is 3.78. The maximum atomic E-state index is 2.42. The lowest BCUT2D eigenvalue weighted by atomic mass is 10.0. The van der Waals surface area contributed by atoms with Crippen LogP contribution in [-0.2, 0) is 0 Å². The van der Waals surface area contributed by atoms with E-state index >= 15 is 0 Å². The van der Waals surface area contributed by atoms with Gasteiger partial charge in [-0.05, 0) is 90.0 Å². The van der Waals surface area contributed by atoms with Crippen LogP contribution in [0.1, 0.15) is 0 Å². The SMILES string of the molecule is c1ccc(-c2ccc(N(c3ccccc3)c3ccc4sc5cc(N(c6ccccc6)c6cccc7c6sc6ccccc67)ccc5c4c3)cc2)cc1. The molecular formula is C48H32N2S2. The molecule has 0 spiro atoms. The lowest BCUT2D eigenvalue weighted by Gasteiger charge is -2.26. The molecule has 246 valence electrons. The number of thiophene rings is 2. The normalized spacial score (nSPS) is 11.5. The zero-order valence-electron chi connectivity index (χ0n) is 28.2. The number of benzene rings is 8. The van der Waals surface area contributed by atoms with Crippen LogP contribution in [-0.4, -0.2) is 0 Å². The highest BCUT2D eigenvalue weighted by Crippen LogP contribution is 2.47. The molecule has 0 saturated heterocycles. The summed E-state index contributed by atoms with van der Waals surface area (Å²) in [6, 6.07) is 70.2. The molecule has 0 unspecified atom stereocenters. The molecule has 0 aliphatic heterocycles. The van der Waals surface area contributed by atoms with E-state index in [9.17, 15) is 0 Å². The van der Waals surface area contributed by atoms with Crippen molar-refractivity contribution < 1.29 is 0 Å². The van der Waals surface area contributed by atoms with E-state index in [4.69, 9.17) is 0 Å². The summed E-state index contributed by atoms with van der Waals surface area (Å²) in [6.45, 7) is 0. The molecule has 0 N–H and O–H groups in total. The molecule has 2 aromatic heterocycles. The molecule has 52 heavy (non-hydrogen) atoms. The summed E-state index contributed by atoms with van der Waals surface area (Å²) in [7, 11) is 0. The fourth-order valence-electron chi connectivity index (χ4n) is 7.40. The number of fused-ring (bicyclic) bond motifs is 6. The number of rotatable bonds is 7. The molecule has 0 atom stereocenters. The zero-order valence-corrected chi connectivity index (χ0v) is 29.8. The standard InChI is InChI=1S/C48H32N2S2/c1-4-13-33(14-5-1)34-23-25-37(26-24-34)49(35-15-6-2-7-16-35)38-28-30-46-43(31-38)41-29-27-39(32-47(41)51-46)50(36-17-8-3-9-18-36)44-21-12-20-42-40-19-10-11-22-45(40)52-48(42)44/h1-32H. The Hall–Kier alpha value is -6.20. The molecule has 10 rings (SSSR count). The van der Waals surface area contributed by atoms with Gasteiger partial charge >= 0.3 is 0 Å². The van der Waals surface area contributed by atoms with E-state index in [1.807, 2.05) is 22.7 Å². The van der Waals surface area contributed by atoms with Crippen molar-refractivity contribution in [2.45, 2.75) is 0 Å². The first-order chi connectivity index (χ1) is 25.8. The van der Waals surface area contributed by atoms with Crippen LogP contribution in [0, 0.1) is 0 Å². The quantitative estimate of drug-likeness (QED) is 0.163. The van der Waals surface area contributed by atoms with Crippen molar-refractivity contribution >= 4 is 97.1 Å². The van der Waals surface area contributed by atoms with Crippen molar-refractivity contribution in [2.75, 3.05) is 9.80 Å². The largest absolute Gasteiger partial charge is 0.310 e. The van der Waals surface area contributed by atoms with Crippen LogP contribution in [0.5, 0.6) is 0 Å². The predicted octanol–water partition coefficient (Wildman–Crippen LogP) is 15.0. The second-order valence-corrected chi connectivity index (χ2v) is 15.1. The predicted molar refractivity (Wildman–Crippen MR) is 227 cm³/mol. The van der Waals surface area contributed by atoms with Gasteiger partial charge in [-0.3, -0.25) is 0 Å². The van der Waals surface area contributed by atoms with Crippen LogP contribution in [0.15, 0.2) is 194 Å². The van der Waals surface area contributed by atoms with Crippen molar-refractivity contribution in [3.05, 3.63) is 194 Å². The molecule has 0 aliphatic carbocycles. The van der Waals surface area contributed by atoms with E-state index < -0.39 is 0 Å². The molecule has 2 nitrogen and oxygen atoms in total. The molecule has 8 aromatic carbocycles. The Morgan fingerprint density at radius 2 is 0.827 bits per heavy atom. The van der Waals surface area contributed by atoms with E-state index in [2.05, 4.69) is 204 Å². The Morgan fingerprint density at radius 1 is 0.288 bits per heavy atom. The van der Waals surface area contributed by atoms with Crippen molar-refractivity contribution in [3.63, 3.8) is 0 Å². The van der Waals surface area contributed by atoms with Gasteiger partial charge in [0.25, 0.3) is 0 Å². The van der Waals surface area contributed by atoms with Gasteiger partial charge in [-0.2, -0.15) is 0 Å². The first-order valence-electron chi connectivity index (χ1n) is 17.5. The van der Waals surface area contributed by atoms with E-state index in [-0.39, 0.29) is 0 Å². The molecule has 10 aromatic rings. The van der Waals surface area contributed by atoms with Gasteiger partial charge in [0, 0.05) is 64.1 Å². The van der Waals surface area contributed by atoms with Crippen LogP contribution in [0.2, 0.25) is 0 Å². The van der Waals surface area contributed by atoms with E-state index in [0.717, 1.165) is 28.4 Å². The van der Waals surface area contributed by atoms with Crippen LogP contribution >= 0.6 is 22.7 Å². The fraction of sp³-hybridized carbons (Fsp3) is 0. The first kappa shape index (κ1) is 30.6. The van der Waals surface area contributed by atoms with Gasteiger partial charge in [0.1, 0.15) is 0 Å². The van der Waals surface area contributed by atoms with Crippen LogP contribution in [0.4, 0.5) is 34.1 Å². The molecule has 2 heterocycles. The molecule has 0 aliphatic rings. The van der Waals surface area contributed by atoms with Gasteiger partial charge < -0.3 is 9.80 Å². The summed E-state index contributed by atoms with van der Waals surface area (Å²) in [6.07, 6.45) is 0. The van der Waals surface area contributed by atoms with Crippen molar-refractivity contribution in [1.29, 1.82) is 0 Å². The summed E-state index contributed by atoms with van der Waals surface area (Å²) >= 11 is 3.73. The topological polar surface area (TPSA) is 6.48 Å². The smallest absolute Gasteiger partial charge is 0.0640 e. The minimum atomic E-state index is 1.13.